The molecule has 2 atom stereocenters. The second kappa shape index (κ2) is 7.35. The predicted molar refractivity (Wildman–Crippen MR) is 107 cm³/mol. The van der Waals surface area contributed by atoms with E-state index in [1.54, 1.807) is 0 Å². The molecule has 3 aliphatic rings. The molecule has 0 radical (unpaired) electrons. The molecular formula is C22H28N4O3. The first-order valence-electron chi connectivity index (χ1n) is 10.8. The van der Waals surface area contributed by atoms with Crippen LogP contribution in [0.3, 0.4) is 0 Å². The monoisotopic (exact) mass is 396 g/mol. The Morgan fingerprint density at radius 1 is 1.28 bits per heavy atom. The fourth-order valence-corrected chi connectivity index (χ4v) is 4.57. The molecule has 0 spiro atoms. The molecule has 2 N–H and O–H groups in total. The number of aryl methyl sites for hydroxylation is 2. The zero-order valence-electron chi connectivity index (χ0n) is 16.9. The van der Waals surface area contributed by atoms with E-state index in [-0.39, 0.29) is 23.8 Å². The average Bonchev–Trinajstić information content (AvgIpc) is 3.17. The fourth-order valence-electron chi connectivity index (χ4n) is 4.57. The Kier molecular flexibility index (Phi) is 4.68. The summed E-state index contributed by atoms with van der Waals surface area (Å²) in [5.41, 5.74) is 3.56. The molecule has 1 saturated carbocycles. The summed E-state index contributed by atoms with van der Waals surface area (Å²) < 4.78 is 5.46. The van der Waals surface area contributed by atoms with Crippen LogP contribution in [0, 0.1) is 5.92 Å². The van der Waals surface area contributed by atoms with Gasteiger partial charge in [-0.15, -0.1) is 0 Å². The highest BCUT2D eigenvalue weighted by atomic mass is 16.3. The number of oxazole rings is 1. The lowest BCUT2D eigenvalue weighted by Gasteiger charge is -2.21. The quantitative estimate of drug-likeness (QED) is 0.813. The first kappa shape index (κ1) is 18.5. The van der Waals surface area contributed by atoms with Crippen molar-refractivity contribution in [3.63, 3.8) is 0 Å². The lowest BCUT2D eigenvalue weighted by Crippen LogP contribution is -2.40. The number of amides is 2. The molecule has 2 fully saturated rings. The molecule has 0 aromatic carbocycles. The van der Waals surface area contributed by atoms with Crippen molar-refractivity contribution >= 4 is 11.8 Å². The minimum Gasteiger partial charge on any atom is -0.448 e. The van der Waals surface area contributed by atoms with Crippen molar-refractivity contribution in [2.24, 2.45) is 5.92 Å². The van der Waals surface area contributed by atoms with Gasteiger partial charge in [0, 0.05) is 30.7 Å². The molecule has 154 valence electrons. The third-order valence-corrected chi connectivity index (χ3v) is 6.60. The second-order valence-electron chi connectivity index (χ2n) is 8.80. The molecule has 1 saturated heterocycles. The molecule has 2 aromatic heterocycles. The van der Waals surface area contributed by atoms with Gasteiger partial charge in [-0.05, 0) is 69.4 Å². The summed E-state index contributed by atoms with van der Waals surface area (Å²) in [4.78, 5) is 34.9. The highest BCUT2D eigenvalue weighted by molar-refractivity contribution is 5.93. The van der Waals surface area contributed by atoms with Crippen molar-refractivity contribution in [2.75, 3.05) is 13.1 Å². The molecule has 29 heavy (non-hydrogen) atoms. The average molecular weight is 396 g/mol. The molecule has 2 aliphatic carbocycles. The van der Waals surface area contributed by atoms with Crippen LogP contribution >= 0.6 is 0 Å². The van der Waals surface area contributed by atoms with Gasteiger partial charge < -0.3 is 19.6 Å². The van der Waals surface area contributed by atoms with Gasteiger partial charge in [0.15, 0.2) is 11.6 Å². The highest BCUT2D eigenvalue weighted by Crippen LogP contribution is 2.39. The van der Waals surface area contributed by atoms with Crippen molar-refractivity contribution in [1.29, 1.82) is 0 Å². The van der Waals surface area contributed by atoms with Gasteiger partial charge in [0.05, 0.1) is 0 Å². The van der Waals surface area contributed by atoms with Crippen molar-refractivity contribution in [1.82, 2.24) is 20.2 Å². The Morgan fingerprint density at radius 2 is 2.10 bits per heavy atom. The standard InChI is InChI=1S/C22H28N4O3/c1-13(23-20(27)18-10-15-4-2-3-5-17(15)24-18)16-8-9-26(11-16)22(28)19-12-29-21(25-19)14-6-7-14/h10,12-14,16,24H,2-9,11H2,1H3,(H,23,27). The zero-order valence-corrected chi connectivity index (χ0v) is 16.9. The van der Waals surface area contributed by atoms with E-state index in [1.807, 2.05) is 17.9 Å². The number of H-pyrrole nitrogens is 1. The largest absolute Gasteiger partial charge is 0.448 e. The number of rotatable bonds is 5. The smallest absolute Gasteiger partial charge is 0.275 e. The van der Waals surface area contributed by atoms with Crippen LogP contribution in [0.2, 0.25) is 0 Å². The van der Waals surface area contributed by atoms with Gasteiger partial charge in [0.2, 0.25) is 0 Å². The molecule has 1 aliphatic heterocycles. The molecule has 0 bridgehead atoms. The number of likely N-dealkylation sites (tertiary alicyclic amines) is 1. The van der Waals surface area contributed by atoms with Gasteiger partial charge >= 0.3 is 0 Å². The molecule has 5 rings (SSSR count). The first-order valence-corrected chi connectivity index (χ1v) is 10.8. The van der Waals surface area contributed by atoms with E-state index in [9.17, 15) is 9.59 Å². The Bertz CT molecular complexity index is 903. The minimum absolute atomic E-state index is 0.0000352. The lowest BCUT2D eigenvalue weighted by molar-refractivity contribution is 0.0778. The summed E-state index contributed by atoms with van der Waals surface area (Å²) in [6, 6.07) is 2.00. The lowest BCUT2D eigenvalue weighted by atomic mass is 9.98. The summed E-state index contributed by atoms with van der Waals surface area (Å²) in [5, 5.41) is 3.13. The number of nitrogens with zero attached hydrogens (tertiary/aromatic N) is 2. The highest BCUT2D eigenvalue weighted by Gasteiger charge is 2.34. The van der Waals surface area contributed by atoms with E-state index in [1.165, 1.54) is 30.4 Å². The number of nitrogens with one attached hydrogen (secondary N) is 2. The van der Waals surface area contributed by atoms with Crippen molar-refractivity contribution in [2.45, 2.75) is 63.8 Å². The van der Waals surface area contributed by atoms with Gasteiger partial charge in [-0.3, -0.25) is 9.59 Å². The molecule has 3 heterocycles. The molecule has 7 nitrogen and oxygen atoms in total. The number of carbonyl (C=O) groups excluding carboxylic acids is 2. The summed E-state index contributed by atoms with van der Waals surface area (Å²) in [5.74, 6) is 1.21. The van der Waals surface area contributed by atoms with Crippen molar-refractivity contribution in [3.05, 3.63) is 40.9 Å². The SMILES string of the molecule is CC(NC(=O)c1cc2c([nH]1)CCCC2)C1CCN(C(=O)c2coc(C3CC3)n2)C1. The van der Waals surface area contributed by atoms with Gasteiger partial charge in [-0.1, -0.05) is 0 Å². The van der Waals surface area contributed by atoms with Gasteiger partial charge in [0.1, 0.15) is 12.0 Å². The third kappa shape index (κ3) is 3.70. The normalized spacial score (nSPS) is 22.4. The van der Waals surface area contributed by atoms with Gasteiger partial charge in [0.25, 0.3) is 11.8 Å². The second-order valence-corrected chi connectivity index (χ2v) is 8.80. The van der Waals surface area contributed by atoms with Crippen molar-refractivity contribution < 1.29 is 14.0 Å². The number of hydrogen-bond acceptors (Lipinski definition) is 4. The summed E-state index contributed by atoms with van der Waals surface area (Å²) in [7, 11) is 0. The molecule has 7 heteroatoms. The Hall–Kier alpha value is -2.57. The van der Waals surface area contributed by atoms with E-state index < -0.39 is 0 Å². The topological polar surface area (TPSA) is 91.2 Å². The van der Waals surface area contributed by atoms with E-state index in [0.29, 0.717) is 36.3 Å². The van der Waals surface area contributed by atoms with Crippen LogP contribution in [0.25, 0.3) is 0 Å². The third-order valence-electron chi connectivity index (χ3n) is 6.60. The number of aromatic nitrogens is 2. The molecular weight excluding hydrogens is 368 g/mol. The summed E-state index contributed by atoms with van der Waals surface area (Å²) in [6.45, 7) is 3.35. The predicted octanol–water partition coefficient (Wildman–Crippen LogP) is 3.04. The maximum atomic E-state index is 12.7. The van der Waals surface area contributed by atoms with Crippen molar-refractivity contribution in [3.8, 4) is 0 Å². The van der Waals surface area contributed by atoms with Crippen LogP contribution < -0.4 is 5.32 Å². The fraction of sp³-hybridized carbons (Fsp3) is 0.591. The van der Waals surface area contributed by atoms with Crippen LogP contribution in [-0.4, -0.2) is 45.8 Å². The van der Waals surface area contributed by atoms with Crippen LogP contribution in [0.15, 0.2) is 16.7 Å². The maximum absolute atomic E-state index is 12.7. The Labute approximate surface area is 170 Å². The Morgan fingerprint density at radius 3 is 2.90 bits per heavy atom. The van der Waals surface area contributed by atoms with Crippen LogP contribution in [0.5, 0.6) is 0 Å². The zero-order chi connectivity index (χ0) is 20.0. The Balaban J connectivity index is 1.17. The maximum Gasteiger partial charge on any atom is 0.275 e. The van der Waals surface area contributed by atoms with Gasteiger partial charge in [-0.2, -0.15) is 0 Å². The van der Waals surface area contributed by atoms with Crippen LogP contribution in [-0.2, 0) is 12.8 Å². The summed E-state index contributed by atoms with van der Waals surface area (Å²) in [6.07, 6.45) is 9.03. The van der Waals surface area contributed by atoms with E-state index >= 15 is 0 Å². The minimum atomic E-state index is -0.0706. The number of aromatic amines is 1. The number of hydrogen-bond donors (Lipinski definition) is 2. The van der Waals surface area contributed by atoms with E-state index in [2.05, 4.69) is 15.3 Å². The van der Waals surface area contributed by atoms with Gasteiger partial charge in [-0.25, -0.2) is 4.98 Å². The van der Waals surface area contributed by atoms with Crippen LogP contribution in [0.1, 0.15) is 83.1 Å². The van der Waals surface area contributed by atoms with Crippen LogP contribution in [0.4, 0.5) is 0 Å². The number of carbonyl (C=O) groups is 2. The molecule has 2 unspecified atom stereocenters. The summed E-state index contributed by atoms with van der Waals surface area (Å²) >= 11 is 0. The van der Waals surface area contributed by atoms with E-state index in [4.69, 9.17) is 4.42 Å². The first-order chi connectivity index (χ1) is 14.1. The van der Waals surface area contributed by atoms with E-state index in [0.717, 1.165) is 32.1 Å². The molecule has 2 aromatic rings. The molecule has 2 amide bonds. The number of fused-ring (bicyclic) bond motifs is 1.